The Hall–Kier alpha value is -0.610. The van der Waals surface area contributed by atoms with Gasteiger partial charge in [0, 0.05) is 31.6 Å². The summed E-state index contributed by atoms with van der Waals surface area (Å²) in [7, 11) is 4.17. The van der Waals surface area contributed by atoms with Gasteiger partial charge in [-0.15, -0.1) is 0 Å². The molecule has 2 atom stereocenters. The van der Waals surface area contributed by atoms with Gasteiger partial charge in [-0.2, -0.15) is 0 Å². The normalized spacial score (nSPS) is 22.8. The van der Waals surface area contributed by atoms with Gasteiger partial charge < -0.3 is 15.1 Å². The van der Waals surface area contributed by atoms with Gasteiger partial charge in [-0.25, -0.2) is 0 Å². The van der Waals surface area contributed by atoms with E-state index in [1.807, 2.05) is 11.8 Å². The third-order valence-corrected chi connectivity index (χ3v) is 3.33. The van der Waals surface area contributed by atoms with Crippen molar-refractivity contribution in [3.8, 4) is 0 Å². The average Bonchev–Trinajstić information content (AvgIpc) is 2.74. The maximum atomic E-state index is 12.1. The molecule has 1 saturated heterocycles. The summed E-state index contributed by atoms with van der Waals surface area (Å²) in [4.78, 5) is 16.3. The van der Waals surface area contributed by atoms with Crippen LogP contribution in [-0.4, -0.2) is 62.0 Å². The maximum Gasteiger partial charge on any atom is 0.226 e. The van der Waals surface area contributed by atoms with Crippen molar-refractivity contribution in [1.29, 1.82) is 0 Å². The van der Waals surface area contributed by atoms with E-state index in [0.717, 1.165) is 32.6 Å². The molecule has 1 fully saturated rings. The minimum Gasteiger partial charge on any atom is -0.341 e. The second-order valence-electron chi connectivity index (χ2n) is 4.90. The molecule has 1 aliphatic heterocycles. The first-order chi connectivity index (χ1) is 7.56. The molecule has 2 unspecified atom stereocenters. The van der Waals surface area contributed by atoms with Crippen LogP contribution in [0.4, 0.5) is 0 Å². The van der Waals surface area contributed by atoms with Crippen molar-refractivity contribution in [2.45, 2.75) is 26.3 Å². The second kappa shape index (κ2) is 6.21. The molecule has 1 heterocycles. The fraction of sp³-hybridized carbons (Fsp3) is 0.917. The smallest absolute Gasteiger partial charge is 0.226 e. The Balaban J connectivity index is 2.38. The first kappa shape index (κ1) is 13.5. The van der Waals surface area contributed by atoms with E-state index in [9.17, 15) is 4.79 Å². The molecule has 0 saturated carbocycles. The van der Waals surface area contributed by atoms with Crippen LogP contribution >= 0.6 is 0 Å². The zero-order valence-electron chi connectivity index (χ0n) is 11.0. The molecular formula is C12H25N3O. The molecule has 1 N–H and O–H groups in total. The van der Waals surface area contributed by atoms with Gasteiger partial charge in [0.25, 0.3) is 0 Å². The van der Waals surface area contributed by atoms with Crippen LogP contribution in [0.1, 0.15) is 20.3 Å². The lowest BCUT2D eigenvalue weighted by molar-refractivity contribution is -0.133. The van der Waals surface area contributed by atoms with Crippen molar-refractivity contribution in [2.24, 2.45) is 5.92 Å². The number of amides is 1. The molecule has 0 aromatic carbocycles. The summed E-state index contributed by atoms with van der Waals surface area (Å²) in [5, 5.41) is 3.23. The molecule has 0 aliphatic carbocycles. The molecule has 1 rings (SSSR count). The number of likely N-dealkylation sites (N-methyl/N-ethyl adjacent to an activating group) is 1. The fourth-order valence-electron chi connectivity index (χ4n) is 2.12. The number of likely N-dealkylation sites (tertiary alicyclic amines) is 1. The molecule has 1 aliphatic rings. The zero-order chi connectivity index (χ0) is 12.1. The van der Waals surface area contributed by atoms with E-state index in [1.165, 1.54) is 0 Å². The number of carbonyl (C=O) groups excluding carboxylic acids is 1. The minimum atomic E-state index is 0.0980. The highest BCUT2D eigenvalue weighted by molar-refractivity contribution is 5.79. The van der Waals surface area contributed by atoms with E-state index in [1.54, 1.807) is 0 Å². The molecule has 4 nitrogen and oxygen atoms in total. The predicted octanol–water partition coefficient (Wildman–Crippen LogP) is 0.395. The third kappa shape index (κ3) is 3.46. The number of carbonyl (C=O) groups is 1. The highest BCUT2D eigenvalue weighted by Crippen LogP contribution is 2.15. The van der Waals surface area contributed by atoms with E-state index < -0.39 is 0 Å². The lowest BCUT2D eigenvalue weighted by Gasteiger charge is -2.23. The Bertz CT molecular complexity index is 230. The van der Waals surface area contributed by atoms with Crippen LogP contribution in [0.5, 0.6) is 0 Å². The van der Waals surface area contributed by atoms with E-state index >= 15 is 0 Å². The second-order valence-corrected chi connectivity index (χ2v) is 4.90. The predicted molar refractivity (Wildman–Crippen MR) is 66.4 cm³/mol. The Morgan fingerprint density at radius 2 is 2.25 bits per heavy atom. The number of nitrogens with zero attached hydrogens (tertiary/aromatic N) is 2. The van der Waals surface area contributed by atoms with Crippen LogP contribution in [0.2, 0.25) is 0 Å². The van der Waals surface area contributed by atoms with E-state index in [2.05, 4.69) is 31.2 Å². The van der Waals surface area contributed by atoms with Crippen molar-refractivity contribution in [3.05, 3.63) is 0 Å². The quantitative estimate of drug-likeness (QED) is 0.738. The van der Waals surface area contributed by atoms with Gasteiger partial charge in [-0.3, -0.25) is 4.79 Å². The van der Waals surface area contributed by atoms with Gasteiger partial charge in [-0.05, 0) is 27.1 Å². The lowest BCUT2D eigenvalue weighted by Crippen LogP contribution is -2.39. The van der Waals surface area contributed by atoms with Crippen LogP contribution in [0, 0.1) is 5.92 Å². The molecule has 0 aromatic rings. The Labute approximate surface area is 99.0 Å². The summed E-state index contributed by atoms with van der Waals surface area (Å²) in [6.07, 6.45) is 1.10. The Morgan fingerprint density at radius 3 is 2.75 bits per heavy atom. The van der Waals surface area contributed by atoms with Gasteiger partial charge in [0.15, 0.2) is 0 Å². The highest BCUT2D eigenvalue weighted by atomic mass is 16.2. The van der Waals surface area contributed by atoms with Crippen molar-refractivity contribution in [2.75, 3.05) is 40.3 Å². The molecule has 0 spiro atoms. The lowest BCUT2D eigenvalue weighted by atomic mass is 10.1. The molecule has 94 valence electrons. The third-order valence-electron chi connectivity index (χ3n) is 3.33. The number of hydrogen-bond donors (Lipinski definition) is 1. The summed E-state index contributed by atoms with van der Waals surface area (Å²) >= 11 is 0. The molecular weight excluding hydrogens is 202 g/mol. The Kier molecular flexibility index (Phi) is 5.22. The van der Waals surface area contributed by atoms with Crippen molar-refractivity contribution >= 4 is 5.91 Å². The van der Waals surface area contributed by atoms with Crippen molar-refractivity contribution in [3.63, 3.8) is 0 Å². The number of nitrogens with one attached hydrogen (secondary N) is 1. The zero-order valence-corrected chi connectivity index (χ0v) is 11.0. The highest BCUT2D eigenvalue weighted by Gasteiger charge is 2.29. The van der Waals surface area contributed by atoms with Crippen LogP contribution in [-0.2, 0) is 4.79 Å². The van der Waals surface area contributed by atoms with Crippen LogP contribution in [0.3, 0.4) is 0 Å². The maximum absolute atomic E-state index is 12.1. The fourth-order valence-corrected chi connectivity index (χ4v) is 2.12. The van der Waals surface area contributed by atoms with Gasteiger partial charge in [0.05, 0.1) is 0 Å². The Morgan fingerprint density at radius 1 is 1.56 bits per heavy atom. The van der Waals surface area contributed by atoms with Crippen LogP contribution < -0.4 is 5.32 Å². The number of rotatable bonds is 5. The van der Waals surface area contributed by atoms with Crippen LogP contribution in [0.25, 0.3) is 0 Å². The summed E-state index contributed by atoms with van der Waals surface area (Å²) in [6, 6.07) is 0.537. The van der Waals surface area contributed by atoms with E-state index in [-0.39, 0.29) is 5.92 Å². The molecule has 0 radical (unpaired) electrons. The summed E-state index contributed by atoms with van der Waals surface area (Å²) in [5.74, 6) is 0.395. The minimum absolute atomic E-state index is 0.0980. The largest absolute Gasteiger partial charge is 0.341 e. The molecule has 0 bridgehead atoms. The molecule has 4 heteroatoms. The first-order valence-electron chi connectivity index (χ1n) is 6.22. The number of hydrogen-bond acceptors (Lipinski definition) is 3. The summed E-state index contributed by atoms with van der Waals surface area (Å²) in [5.41, 5.74) is 0. The molecule has 1 amide bonds. The molecule has 0 aromatic heterocycles. The van der Waals surface area contributed by atoms with Crippen LogP contribution in [0.15, 0.2) is 0 Å². The topological polar surface area (TPSA) is 35.6 Å². The van der Waals surface area contributed by atoms with Crippen molar-refractivity contribution < 1.29 is 4.79 Å². The first-order valence-corrected chi connectivity index (χ1v) is 6.22. The summed E-state index contributed by atoms with van der Waals surface area (Å²) < 4.78 is 0. The molecule has 16 heavy (non-hydrogen) atoms. The van der Waals surface area contributed by atoms with Gasteiger partial charge in [0.1, 0.15) is 0 Å². The SMILES string of the molecule is CCNCC(C)C(=O)N1CCC(N(C)C)C1. The van der Waals surface area contributed by atoms with E-state index in [0.29, 0.717) is 11.9 Å². The van der Waals surface area contributed by atoms with E-state index in [4.69, 9.17) is 0 Å². The van der Waals surface area contributed by atoms with Gasteiger partial charge >= 0.3 is 0 Å². The van der Waals surface area contributed by atoms with Crippen molar-refractivity contribution in [1.82, 2.24) is 15.1 Å². The van der Waals surface area contributed by atoms with Gasteiger partial charge in [-0.1, -0.05) is 13.8 Å². The monoisotopic (exact) mass is 227 g/mol. The van der Waals surface area contributed by atoms with Gasteiger partial charge in [0.2, 0.25) is 5.91 Å². The standard InChI is InChI=1S/C12H25N3O/c1-5-13-8-10(2)12(16)15-7-6-11(9-15)14(3)4/h10-11,13H,5-9H2,1-4H3. The average molecular weight is 227 g/mol. The summed E-state index contributed by atoms with van der Waals surface area (Å²) in [6.45, 7) is 7.60.